The van der Waals surface area contributed by atoms with Crippen LogP contribution in [0.25, 0.3) is 6.08 Å². The summed E-state index contributed by atoms with van der Waals surface area (Å²) in [4.78, 5) is 0. The molecule has 0 atom stereocenters. The van der Waals surface area contributed by atoms with Crippen molar-refractivity contribution in [1.29, 1.82) is 0 Å². The number of rotatable bonds is 8. The average Bonchev–Trinajstić information content (AvgIpc) is 2.38. The van der Waals surface area contributed by atoms with Crippen LogP contribution in [0.3, 0.4) is 0 Å². The van der Waals surface area contributed by atoms with Gasteiger partial charge in [0.2, 0.25) is 0 Å². The lowest BCUT2D eigenvalue weighted by molar-refractivity contribution is -0.0499. The lowest BCUT2D eigenvalue weighted by Crippen LogP contribution is -2.21. The molecular formula is C16H23F2NO. The summed E-state index contributed by atoms with van der Waals surface area (Å²) in [5.74, 6) is 0.805. The molecule has 0 fully saturated rings. The van der Waals surface area contributed by atoms with Gasteiger partial charge in [0.25, 0.3) is 0 Å². The van der Waals surface area contributed by atoms with Gasteiger partial charge < -0.3 is 10.1 Å². The molecule has 0 bridgehead atoms. The first-order valence-electron chi connectivity index (χ1n) is 6.97. The van der Waals surface area contributed by atoms with Crippen LogP contribution in [-0.2, 0) is 0 Å². The van der Waals surface area contributed by atoms with E-state index >= 15 is 0 Å². The number of para-hydroxylation sites is 1. The Morgan fingerprint density at radius 2 is 2.00 bits per heavy atom. The predicted octanol–water partition coefficient (Wildman–Crippen LogP) is 4.33. The Kier molecular flexibility index (Phi) is 7.23. The van der Waals surface area contributed by atoms with Crippen LogP contribution >= 0.6 is 0 Å². The maximum absolute atomic E-state index is 12.4. The Balaban J connectivity index is 2.78. The van der Waals surface area contributed by atoms with E-state index in [9.17, 15) is 8.78 Å². The molecule has 0 spiro atoms. The number of ether oxygens (including phenoxy) is 1. The van der Waals surface area contributed by atoms with Gasteiger partial charge in [-0.25, -0.2) is 0 Å². The molecule has 2 nitrogen and oxygen atoms in total. The summed E-state index contributed by atoms with van der Waals surface area (Å²) in [7, 11) is 0. The van der Waals surface area contributed by atoms with Crippen molar-refractivity contribution < 1.29 is 13.5 Å². The van der Waals surface area contributed by atoms with Crippen LogP contribution in [0, 0.1) is 5.92 Å². The molecule has 0 unspecified atom stereocenters. The highest BCUT2D eigenvalue weighted by atomic mass is 19.3. The molecule has 1 rings (SSSR count). The minimum atomic E-state index is -2.80. The third kappa shape index (κ3) is 6.15. The zero-order valence-electron chi connectivity index (χ0n) is 12.3. The van der Waals surface area contributed by atoms with E-state index in [4.69, 9.17) is 0 Å². The van der Waals surface area contributed by atoms with Crippen molar-refractivity contribution in [2.45, 2.75) is 33.8 Å². The summed E-state index contributed by atoms with van der Waals surface area (Å²) in [6, 6.07) is 6.86. The first-order chi connectivity index (χ1) is 9.52. The molecule has 1 aromatic rings. The molecular weight excluding hydrogens is 260 g/mol. The Labute approximate surface area is 119 Å². The predicted molar refractivity (Wildman–Crippen MR) is 79.0 cm³/mol. The van der Waals surface area contributed by atoms with Crippen molar-refractivity contribution in [3.8, 4) is 5.75 Å². The van der Waals surface area contributed by atoms with Crippen molar-refractivity contribution in [1.82, 2.24) is 5.32 Å². The topological polar surface area (TPSA) is 21.3 Å². The average molecular weight is 283 g/mol. The zero-order valence-corrected chi connectivity index (χ0v) is 12.3. The van der Waals surface area contributed by atoms with E-state index in [-0.39, 0.29) is 5.75 Å². The molecule has 4 heteroatoms. The second-order valence-electron chi connectivity index (χ2n) is 5.10. The van der Waals surface area contributed by atoms with Gasteiger partial charge in [-0.2, -0.15) is 8.78 Å². The highest BCUT2D eigenvalue weighted by Crippen LogP contribution is 2.23. The molecule has 0 aliphatic heterocycles. The largest absolute Gasteiger partial charge is 0.434 e. The molecule has 20 heavy (non-hydrogen) atoms. The summed E-state index contributed by atoms with van der Waals surface area (Å²) < 4.78 is 29.2. The molecule has 0 aromatic heterocycles. The van der Waals surface area contributed by atoms with E-state index in [0.29, 0.717) is 11.5 Å². The quantitative estimate of drug-likeness (QED) is 0.767. The summed E-state index contributed by atoms with van der Waals surface area (Å²) in [6.07, 6.45) is 2.79. The molecule has 0 aliphatic carbocycles. The standard InChI is InChI=1S/C16H23F2NO/c1-4-13(11-19-10-12(2)3)9-14-7-5-6-8-15(14)20-16(17)18/h5-9,12,16,19H,4,10-11H2,1-3H3. The first-order valence-corrected chi connectivity index (χ1v) is 6.97. The minimum Gasteiger partial charge on any atom is -0.434 e. The van der Waals surface area contributed by atoms with Crippen molar-refractivity contribution in [2.24, 2.45) is 5.92 Å². The van der Waals surface area contributed by atoms with Crippen molar-refractivity contribution in [3.63, 3.8) is 0 Å². The number of hydrogen-bond donors (Lipinski definition) is 1. The monoisotopic (exact) mass is 283 g/mol. The fourth-order valence-electron chi connectivity index (χ4n) is 1.82. The number of nitrogens with one attached hydrogen (secondary N) is 1. The van der Waals surface area contributed by atoms with Gasteiger partial charge in [-0.05, 0) is 24.9 Å². The van der Waals surface area contributed by atoms with Crippen molar-refractivity contribution in [3.05, 3.63) is 35.4 Å². The zero-order chi connectivity index (χ0) is 15.0. The third-order valence-corrected chi connectivity index (χ3v) is 2.85. The fourth-order valence-corrected chi connectivity index (χ4v) is 1.82. The van der Waals surface area contributed by atoms with Crippen molar-refractivity contribution >= 4 is 6.08 Å². The molecule has 1 aromatic carbocycles. The number of halogens is 2. The smallest absolute Gasteiger partial charge is 0.387 e. The van der Waals surface area contributed by atoms with E-state index in [1.807, 2.05) is 12.1 Å². The number of benzene rings is 1. The lowest BCUT2D eigenvalue weighted by Gasteiger charge is -2.11. The summed E-state index contributed by atoms with van der Waals surface area (Å²) in [6.45, 7) is 5.25. The molecule has 0 saturated heterocycles. The van der Waals surface area contributed by atoms with Gasteiger partial charge in [0.05, 0.1) is 0 Å². The van der Waals surface area contributed by atoms with Gasteiger partial charge in [0, 0.05) is 12.1 Å². The fraction of sp³-hybridized carbons (Fsp3) is 0.500. The van der Waals surface area contributed by atoms with E-state index in [1.165, 1.54) is 0 Å². The SMILES string of the molecule is CCC(=Cc1ccccc1OC(F)F)CNCC(C)C. The molecule has 0 saturated carbocycles. The van der Waals surface area contributed by atoms with E-state index in [2.05, 4.69) is 30.8 Å². The Morgan fingerprint density at radius 3 is 2.60 bits per heavy atom. The number of alkyl halides is 2. The highest BCUT2D eigenvalue weighted by molar-refractivity contribution is 5.60. The number of hydrogen-bond acceptors (Lipinski definition) is 2. The Morgan fingerprint density at radius 1 is 1.30 bits per heavy atom. The molecule has 0 amide bonds. The summed E-state index contributed by atoms with van der Waals surface area (Å²) >= 11 is 0. The maximum atomic E-state index is 12.4. The van der Waals surface area contributed by atoms with Crippen LogP contribution in [0.2, 0.25) is 0 Å². The van der Waals surface area contributed by atoms with Crippen LogP contribution in [0.15, 0.2) is 29.8 Å². The second-order valence-corrected chi connectivity index (χ2v) is 5.10. The second kappa shape index (κ2) is 8.69. The molecule has 0 radical (unpaired) electrons. The van der Waals surface area contributed by atoms with Gasteiger partial charge in [0.15, 0.2) is 0 Å². The third-order valence-electron chi connectivity index (χ3n) is 2.85. The van der Waals surface area contributed by atoms with E-state index < -0.39 is 6.61 Å². The van der Waals surface area contributed by atoms with Gasteiger partial charge >= 0.3 is 6.61 Å². The van der Waals surface area contributed by atoms with Gasteiger partial charge in [-0.15, -0.1) is 0 Å². The van der Waals surface area contributed by atoms with E-state index in [1.54, 1.807) is 18.2 Å². The summed E-state index contributed by atoms with van der Waals surface area (Å²) in [5, 5.41) is 3.36. The highest BCUT2D eigenvalue weighted by Gasteiger charge is 2.08. The van der Waals surface area contributed by atoms with Gasteiger partial charge in [-0.1, -0.05) is 50.6 Å². The van der Waals surface area contributed by atoms with Crippen molar-refractivity contribution in [2.75, 3.05) is 13.1 Å². The summed E-state index contributed by atoms with van der Waals surface area (Å²) in [5.41, 5.74) is 1.85. The Bertz CT molecular complexity index is 430. The van der Waals surface area contributed by atoms with Crippen LogP contribution in [0.1, 0.15) is 32.8 Å². The molecule has 1 N–H and O–H groups in total. The minimum absolute atomic E-state index is 0.220. The molecule has 112 valence electrons. The molecule has 0 heterocycles. The first kappa shape index (κ1) is 16.6. The van der Waals surface area contributed by atoms with Gasteiger partial charge in [-0.3, -0.25) is 0 Å². The normalized spacial score (nSPS) is 12.2. The van der Waals surface area contributed by atoms with Crippen LogP contribution < -0.4 is 10.1 Å². The van der Waals surface area contributed by atoms with Crippen LogP contribution in [0.5, 0.6) is 5.75 Å². The van der Waals surface area contributed by atoms with Crippen LogP contribution in [0.4, 0.5) is 8.78 Å². The molecule has 0 aliphatic rings. The Hall–Kier alpha value is -1.42. The van der Waals surface area contributed by atoms with E-state index in [0.717, 1.165) is 25.1 Å². The van der Waals surface area contributed by atoms with Crippen LogP contribution in [-0.4, -0.2) is 19.7 Å². The maximum Gasteiger partial charge on any atom is 0.387 e. The lowest BCUT2D eigenvalue weighted by atomic mass is 10.1. The van der Waals surface area contributed by atoms with Gasteiger partial charge in [0.1, 0.15) is 5.75 Å².